The predicted octanol–water partition coefficient (Wildman–Crippen LogP) is 1.78. The summed E-state index contributed by atoms with van der Waals surface area (Å²) in [5, 5.41) is 0. The number of rotatable bonds is 5. The zero-order valence-electron chi connectivity index (χ0n) is 25.8. The van der Waals surface area contributed by atoms with Crippen molar-refractivity contribution < 1.29 is 43.0 Å². The van der Waals surface area contributed by atoms with Crippen molar-refractivity contribution in [2.24, 2.45) is 11.8 Å². The summed E-state index contributed by atoms with van der Waals surface area (Å²) < 4.78 is 16.4. The summed E-state index contributed by atoms with van der Waals surface area (Å²) in [6.07, 6.45) is -2.63. The highest BCUT2D eigenvalue weighted by molar-refractivity contribution is 5.93. The summed E-state index contributed by atoms with van der Waals surface area (Å²) in [4.78, 5) is 82.9. The van der Waals surface area contributed by atoms with E-state index in [-0.39, 0.29) is 18.3 Å². The molecule has 228 valence electrons. The number of ether oxygens (including phenoxy) is 3. The number of carbonyl (C=O) groups excluding carboxylic acids is 6. The monoisotopic (exact) mass is 569 g/mol. The molecule has 1 fully saturated rings. The first-order valence-corrected chi connectivity index (χ1v) is 14.0. The number of likely N-dealkylation sites (N-methyl/N-ethyl adjacent to an activating group) is 3. The third-order valence-corrected chi connectivity index (χ3v) is 7.77. The molecule has 0 aliphatic carbocycles. The van der Waals surface area contributed by atoms with E-state index in [1.165, 1.54) is 46.8 Å². The molecular formula is C28H47N3O9. The summed E-state index contributed by atoms with van der Waals surface area (Å²) >= 11 is 0. The van der Waals surface area contributed by atoms with Crippen molar-refractivity contribution in [3.05, 3.63) is 0 Å². The van der Waals surface area contributed by atoms with Crippen LogP contribution < -0.4 is 0 Å². The third-order valence-electron chi connectivity index (χ3n) is 7.77. The molecule has 1 heterocycles. The predicted molar refractivity (Wildman–Crippen MR) is 146 cm³/mol. The number of cyclic esters (lactones) is 3. The zero-order chi connectivity index (χ0) is 31.1. The van der Waals surface area contributed by atoms with Gasteiger partial charge >= 0.3 is 17.9 Å². The Hall–Kier alpha value is -3.18. The number of amides is 3. The van der Waals surface area contributed by atoms with Gasteiger partial charge in [0, 0.05) is 21.1 Å². The molecule has 0 aromatic rings. The van der Waals surface area contributed by atoms with E-state index in [4.69, 9.17) is 14.2 Å². The Morgan fingerprint density at radius 1 is 0.575 bits per heavy atom. The van der Waals surface area contributed by atoms with Gasteiger partial charge in [0.2, 0.25) is 0 Å². The van der Waals surface area contributed by atoms with Gasteiger partial charge in [-0.2, -0.15) is 0 Å². The Kier molecular flexibility index (Phi) is 13.1. The first kappa shape index (κ1) is 34.8. The molecule has 40 heavy (non-hydrogen) atoms. The molecule has 1 saturated heterocycles. The molecule has 12 nitrogen and oxygen atoms in total. The summed E-state index contributed by atoms with van der Waals surface area (Å²) in [7, 11) is 4.21. The van der Waals surface area contributed by atoms with Gasteiger partial charge in [-0.25, -0.2) is 14.4 Å². The Bertz CT molecular complexity index is 947. The molecule has 0 spiro atoms. The van der Waals surface area contributed by atoms with Crippen LogP contribution in [0.1, 0.15) is 74.7 Å². The van der Waals surface area contributed by atoms with Gasteiger partial charge < -0.3 is 28.9 Å². The standard InChI is InChI=1S/C28H47N3O9/c1-12-15(4)21-27(36)39-17(6)23(32)29(9)20(14-3)26(35)38-18(7)24(33)30(10)22(16(5)13-2)28(37)40-19(8)25(34)31(21)11/h15-22H,12-14H2,1-11H3/t15-,16-,17+,18+,19+,20-,21-,22-/m0/s1. The zero-order valence-corrected chi connectivity index (χ0v) is 25.8. The lowest BCUT2D eigenvalue weighted by Gasteiger charge is -2.36. The van der Waals surface area contributed by atoms with E-state index < -0.39 is 72.1 Å². The Morgan fingerprint density at radius 2 is 0.875 bits per heavy atom. The van der Waals surface area contributed by atoms with Gasteiger partial charge in [0.15, 0.2) is 18.3 Å². The van der Waals surface area contributed by atoms with Crippen LogP contribution >= 0.6 is 0 Å². The largest absolute Gasteiger partial charge is 0.451 e. The summed E-state index contributed by atoms with van der Waals surface area (Å²) in [6.45, 7) is 13.0. The van der Waals surface area contributed by atoms with Crippen LogP contribution in [0.3, 0.4) is 0 Å². The first-order chi connectivity index (χ1) is 18.5. The van der Waals surface area contributed by atoms with Crippen molar-refractivity contribution in [3.63, 3.8) is 0 Å². The number of nitrogens with zero attached hydrogens (tertiary/aromatic N) is 3. The molecule has 1 aliphatic heterocycles. The maximum Gasteiger partial charge on any atom is 0.329 e. The third kappa shape index (κ3) is 7.94. The summed E-state index contributed by atoms with van der Waals surface area (Å²) in [5.74, 6) is -5.05. The number of carbonyl (C=O) groups is 6. The molecule has 0 unspecified atom stereocenters. The molecule has 1 rings (SSSR count). The quantitative estimate of drug-likeness (QED) is 0.358. The van der Waals surface area contributed by atoms with E-state index in [1.54, 1.807) is 20.8 Å². The Labute approximate surface area is 237 Å². The van der Waals surface area contributed by atoms with Gasteiger partial charge in [-0.1, -0.05) is 47.5 Å². The lowest BCUT2D eigenvalue weighted by atomic mass is 9.97. The Morgan fingerprint density at radius 3 is 1.18 bits per heavy atom. The fraction of sp³-hybridized carbons (Fsp3) is 0.786. The molecule has 0 N–H and O–H groups in total. The van der Waals surface area contributed by atoms with E-state index >= 15 is 0 Å². The number of esters is 3. The van der Waals surface area contributed by atoms with Crippen molar-refractivity contribution in [2.75, 3.05) is 21.1 Å². The van der Waals surface area contributed by atoms with Crippen LogP contribution in [0, 0.1) is 11.8 Å². The average molecular weight is 570 g/mol. The lowest BCUT2D eigenvalue weighted by molar-refractivity contribution is -0.176. The lowest BCUT2D eigenvalue weighted by Crippen LogP contribution is -2.55. The number of hydrogen-bond donors (Lipinski definition) is 0. The molecule has 8 atom stereocenters. The maximum absolute atomic E-state index is 13.3. The second kappa shape index (κ2) is 15.0. The second-order valence-electron chi connectivity index (χ2n) is 10.7. The van der Waals surface area contributed by atoms with Gasteiger partial charge in [-0.15, -0.1) is 0 Å². The molecular weight excluding hydrogens is 522 g/mol. The molecule has 3 amide bonds. The molecule has 0 aromatic carbocycles. The highest BCUT2D eigenvalue weighted by atomic mass is 16.6. The van der Waals surface area contributed by atoms with Crippen LogP contribution in [0.2, 0.25) is 0 Å². The van der Waals surface area contributed by atoms with Gasteiger partial charge in [0.05, 0.1) is 0 Å². The highest BCUT2D eigenvalue weighted by Gasteiger charge is 2.41. The van der Waals surface area contributed by atoms with Crippen LogP contribution in [-0.2, 0) is 43.0 Å². The van der Waals surface area contributed by atoms with Gasteiger partial charge in [-0.05, 0) is 39.0 Å². The smallest absolute Gasteiger partial charge is 0.329 e. The van der Waals surface area contributed by atoms with Crippen molar-refractivity contribution in [1.29, 1.82) is 0 Å². The minimum absolute atomic E-state index is 0.172. The van der Waals surface area contributed by atoms with Gasteiger partial charge in [0.25, 0.3) is 17.7 Å². The summed E-state index contributed by atoms with van der Waals surface area (Å²) in [5.41, 5.74) is 0. The van der Waals surface area contributed by atoms with E-state index in [2.05, 4.69) is 0 Å². The van der Waals surface area contributed by atoms with Crippen molar-refractivity contribution >= 4 is 35.6 Å². The first-order valence-electron chi connectivity index (χ1n) is 14.0. The topological polar surface area (TPSA) is 140 Å². The van der Waals surface area contributed by atoms with Crippen LogP contribution in [0.25, 0.3) is 0 Å². The van der Waals surface area contributed by atoms with E-state index in [1.807, 2.05) is 13.8 Å². The van der Waals surface area contributed by atoms with Crippen LogP contribution in [0.4, 0.5) is 0 Å². The van der Waals surface area contributed by atoms with Crippen LogP contribution in [-0.4, -0.2) is 108 Å². The minimum Gasteiger partial charge on any atom is -0.451 e. The minimum atomic E-state index is -1.28. The highest BCUT2D eigenvalue weighted by Crippen LogP contribution is 2.22. The maximum atomic E-state index is 13.3. The summed E-state index contributed by atoms with van der Waals surface area (Å²) in [6, 6.07) is -3.19. The molecule has 12 heteroatoms. The number of hydrogen-bond acceptors (Lipinski definition) is 9. The van der Waals surface area contributed by atoms with E-state index in [0.29, 0.717) is 12.8 Å². The average Bonchev–Trinajstić information content (AvgIpc) is 2.90. The molecule has 0 radical (unpaired) electrons. The normalized spacial score (nSPS) is 30.2. The van der Waals surface area contributed by atoms with Gasteiger partial charge in [-0.3, -0.25) is 14.4 Å². The van der Waals surface area contributed by atoms with Gasteiger partial charge in [0.1, 0.15) is 18.1 Å². The van der Waals surface area contributed by atoms with E-state index in [9.17, 15) is 28.8 Å². The SMILES string of the molecule is CC[C@H](C)[C@H]1C(=O)O[C@H](C)C(=O)N(C)[C@@H](CC)C(=O)O[C@H](C)C(=O)N(C)[C@@H]([C@@H](C)CC)C(=O)O[C@H](C)C(=O)N1C. The van der Waals surface area contributed by atoms with Crippen LogP contribution in [0.15, 0.2) is 0 Å². The fourth-order valence-corrected chi connectivity index (χ4v) is 4.77. The van der Waals surface area contributed by atoms with Crippen molar-refractivity contribution in [2.45, 2.75) is 111 Å². The Balaban J connectivity index is 3.62. The van der Waals surface area contributed by atoms with E-state index in [0.717, 1.165) is 9.80 Å². The fourth-order valence-electron chi connectivity index (χ4n) is 4.77. The van der Waals surface area contributed by atoms with Crippen molar-refractivity contribution in [3.8, 4) is 0 Å². The molecule has 0 saturated carbocycles. The second-order valence-corrected chi connectivity index (χ2v) is 10.7. The molecule has 1 aliphatic rings. The van der Waals surface area contributed by atoms with Crippen molar-refractivity contribution in [1.82, 2.24) is 14.7 Å². The molecule has 0 aromatic heterocycles. The molecule has 0 bridgehead atoms. The van der Waals surface area contributed by atoms with Crippen LogP contribution in [0.5, 0.6) is 0 Å².